The lowest BCUT2D eigenvalue weighted by atomic mass is 9.76. The first-order valence-electron chi connectivity index (χ1n) is 13.2. The molecule has 2 heterocycles. The number of allylic oxidation sites excluding steroid dienone is 5. The van der Waals surface area contributed by atoms with Gasteiger partial charge in [0.25, 0.3) is 0 Å². The van der Waals surface area contributed by atoms with Crippen LogP contribution in [-0.4, -0.2) is 5.78 Å². The number of nitrogens with one attached hydrogen (secondary N) is 1. The molecule has 0 spiro atoms. The molecule has 38 heavy (non-hydrogen) atoms. The normalized spacial score (nSPS) is 19.0. The Balaban J connectivity index is 1.36. The quantitative estimate of drug-likeness (QED) is 0.309. The molecule has 2 unspecified atom stereocenters. The van der Waals surface area contributed by atoms with E-state index >= 15 is 0 Å². The molecule has 2 aliphatic carbocycles. The molecule has 3 aromatic carbocycles. The lowest BCUT2D eigenvalue weighted by molar-refractivity contribution is 0.0948. The number of thiophene rings is 1. The molecule has 2 atom stereocenters. The van der Waals surface area contributed by atoms with Crippen LogP contribution in [0.1, 0.15) is 33.1 Å². The van der Waals surface area contributed by atoms with Crippen LogP contribution in [0.4, 0.5) is 0 Å². The lowest BCUT2D eigenvalue weighted by Gasteiger charge is -2.29. The van der Waals surface area contributed by atoms with Crippen molar-refractivity contribution in [2.75, 3.05) is 0 Å². The fourth-order valence-electron chi connectivity index (χ4n) is 6.00. The lowest BCUT2D eigenvalue weighted by Crippen LogP contribution is -2.39. The fourth-order valence-corrected chi connectivity index (χ4v) is 7.01. The third kappa shape index (κ3) is 4.00. The van der Waals surface area contributed by atoms with Gasteiger partial charge < -0.3 is 5.32 Å². The van der Waals surface area contributed by atoms with Crippen LogP contribution in [0.25, 0.3) is 33.7 Å². The predicted molar refractivity (Wildman–Crippen MR) is 158 cm³/mol. The first kappa shape index (κ1) is 22.9. The van der Waals surface area contributed by atoms with Crippen LogP contribution in [0.15, 0.2) is 115 Å². The Hall–Kier alpha value is -4.21. The van der Waals surface area contributed by atoms with Crippen molar-refractivity contribution in [2.24, 2.45) is 5.92 Å². The van der Waals surface area contributed by atoms with Gasteiger partial charge in [-0.15, -0.1) is 11.3 Å². The highest BCUT2D eigenvalue weighted by atomic mass is 32.1. The average Bonchev–Trinajstić information content (AvgIpc) is 3.32. The van der Waals surface area contributed by atoms with Gasteiger partial charge in [-0.05, 0) is 75.4 Å². The number of benzene rings is 3. The molecule has 0 radical (unpaired) electrons. The zero-order valence-corrected chi connectivity index (χ0v) is 21.7. The van der Waals surface area contributed by atoms with E-state index in [0.29, 0.717) is 0 Å². The second kappa shape index (κ2) is 9.59. The average molecular weight is 510 g/mol. The van der Waals surface area contributed by atoms with Gasteiger partial charge in [-0.3, -0.25) is 4.79 Å². The fraction of sp³-hybridized carbons (Fsp3) is 0.114. The van der Waals surface area contributed by atoms with Crippen LogP contribution < -0.4 is 15.8 Å². The Labute approximate surface area is 226 Å². The number of carbonyl (C=O) groups is 1. The van der Waals surface area contributed by atoms with Crippen molar-refractivity contribution < 1.29 is 4.79 Å². The molecule has 0 saturated heterocycles. The summed E-state index contributed by atoms with van der Waals surface area (Å²) in [6.07, 6.45) is 16.5. The largest absolute Gasteiger partial charge is 0.364 e. The summed E-state index contributed by atoms with van der Waals surface area (Å²) >= 11 is 1.60. The maximum absolute atomic E-state index is 14.0. The molecular weight excluding hydrogens is 482 g/mol. The third-order valence-corrected chi connectivity index (χ3v) is 9.00. The topological polar surface area (TPSA) is 29.1 Å². The second-order valence-electron chi connectivity index (χ2n) is 10.1. The smallest absolute Gasteiger partial charge is 0.179 e. The van der Waals surface area contributed by atoms with Crippen molar-refractivity contribution in [1.82, 2.24) is 5.32 Å². The highest BCUT2D eigenvalue weighted by Crippen LogP contribution is 2.37. The van der Waals surface area contributed by atoms with E-state index in [4.69, 9.17) is 0 Å². The number of fused-ring (bicyclic) bond motifs is 5. The van der Waals surface area contributed by atoms with E-state index in [9.17, 15) is 4.79 Å². The van der Waals surface area contributed by atoms with E-state index < -0.39 is 0 Å². The van der Waals surface area contributed by atoms with Gasteiger partial charge in [-0.2, -0.15) is 0 Å². The van der Waals surface area contributed by atoms with Gasteiger partial charge in [0.1, 0.15) is 0 Å². The van der Waals surface area contributed by atoms with Gasteiger partial charge in [0, 0.05) is 28.6 Å². The molecular formula is C35H27NOS. The van der Waals surface area contributed by atoms with Crippen molar-refractivity contribution in [3.05, 3.63) is 142 Å². The van der Waals surface area contributed by atoms with E-state index in [2.05, 4.69) is 84.2 Å². The molecule has 1 N–H and O–H groups in total. The molecule has 4 aromatic rings. The van der Waals surface area contributed by atoms with Crippen molar-refractivity contribution >= 4 is 29.3 Å². The van der Waals surface area contributed by atoms with Gasteiger partial charge in [0.15, 0.2) is 5.78 Å². The number of ketones is 1. The number of hydrogen-bond acceptors (Lipinski definition) is 3. The summed E-state index contributed by atoms with van der Waals surface area (Å²) < 4.78 is 0. The highest BCUT2D eigenvalue weighted by molar-refractivity contribution is 7.17. The third-order valence-electron chi connectivity index (χ3n) is 7.85. The van der Waals surface area contributed by atoms with E-state index in [1.165, 1.54) is 32.7 Å². The summed E-state index contributed by atoms with van der Waals surface area (Å²) in [7, 11) is 0. The van der Waals surface area contributed by atoms with Gasteiger partial charge in [-0.1, -0.05) is 91.0 Å². The van der Waals surface area contributed by atoms with Crippen molar-refractivity contribution in [1.29, 1.82) is 0 Å². The second-order valence-corrected chi connectivity index (χ2v) is 11.1. The minimum atomic E-state index is -0.189. The van der Waals surface area contributed by atoms with E-state index in [1.807, 2.05) is 42.6 Å². The summed E-state index contributed by atoms with van der Waals surface area (Å²) in [6, 6.07) is 27.6. The summed E-state index contributed by atoms with van der Waals surface area (Å²) in [5.41, 5.74) is 7.50. The molecule has 3 heteroatoms. The minimum Gasteiger partial charge on any atom is -0.364 e. The minimum absolute atomic E-state index is 0.112. The Morgan fingerprint density at radius 3 is 2.61 bits per heavy atom. The Morgan fingerprint density at radius 1 is 0.816 bits per heavy atom. The molecule has 1 aromatic heterocycles. The SMILES string of the molecule is O=C(c1ccc(-c2ccccc2)s1)C1C=c2c(ccc3c2=CCc2ccccc2-3)C(C2=CC=CC=CN2)C1. The Bertz CT molecular complexity index is 1770. The van der Waals surface area contributed by atoms with Gasteiger partial charge in [0.2, 0.25) is 0 Å². The number of rotatable bonds is 4. The van der Waals surface area contributed by atoms with Crippen molar-refractivity contribution in [3.8, 4) is 21.6 Å². The standard InChI is InChI=1S/C35H27NOS/c37-35(34-19-18-33(38-34)24-10-3-1-4-11-24)25-21-30-28-15-14-23-9-6-7-12-26(23)27(28)16-17-29(30)31(22-25)32-13-5-2-8-20-36-32/h1-13,15-21,25,31,36H,14,22H2. The molecule has 0 bridgehead atoms. The maximum Gasteiger partial charge on any atom is 0.179 e. The summed E-state index contributed by atoms with van der Waals surface area (Å²) in [6.45, 7) is 0. The molecule has 0 saturated carbocycles. The Morgan fingerprint density at radius 2 is 1.68 bits per heavy atom. The first-order valence-corrected chi connectivity index (χ1v) is 14.0. The van der Waals surface area contributed by atoms with Crippen LogP contribution in [0.5, 0.6) is 0 Å². The number of hydrogen-bond donors (Lipinski definition) is 1. The van der Waals surface area contributed by atoms with Crippen LogP contribution in [0.3, 0.4) is 0 Å². The van der Waals surface area contributed by atoms with Crippen molar-refractivity contribution in [2.45, 2.75) is 18.8 Å². The van der Waals surface area contributed by atoms with E-state index in [0.717, 1.165) is 33.9 Å². The van der Waals surface area contributed by atoms with Crippen molar-refractivity contribution in [3.63, 3.8) is 0 Å². The molecule has 3 aliphatic rings. The molecule has 0 fully saturated rings. The summed E-state index contributed by atoms with van der Waals surface area (Å²) in [5.74, 6) is 0.133. The predicted octanol–water partition coefficient (Wildman–Crippen LogP) is 6.74. The van der Waals surface area contributed by atoms with E-state index in [1.54, 1.807) is 11.3 Å². The first-order chi connectivity index (χ1) is 18.8. The molecule has 1 aliphatic heterocycles. The zero-order chi connectivity index (χ0) is 25.5. The number of carbonyl (C=O) groups excluding carboxylic acids is 1. The zero-order valence-electron chi connectivity index (χ0n) is 20.9. The van der Waals surface area contributed by atoms with E-state index in [-0.39, 0.29) is 17.6 Å². The summed E-state index contributed by atoms with van der Waals surface area (Å²) in [4.78, 5) is 16.0. The molecule has 184 valence electrons. The maximum atomic E-state index is 14.0. The number of Topliss-reactive ketones (excluding diaryl/α,β-unsaturated/α-hetero) is 1. The van der Waals surface area contributed by atoms with Crippen LogP contribution in [-0.2, 0) is 6.42 Å². The van der Waals surface area contributed by atoms with Crippen LogP contribution in [0.2, 0.25) is 0 Å². The highest BCUT2D eigenvalue weighted by Gasteiger charge is 2.31. The van der Waals surface area contributed by atoms with Gasteiger partial charge in [-0.25, -0.2) is 0 Å². The molecule has 7 rings (SSSR count). The molecule has 2 nitrogen and oxygen atoms in total. The van der Waals surface area contributed by atoms with Gasteiger partial charge >= 0.3 is 0 Å². The van der Waals surface area contributed by atoms with Gasteiger partial charge in [0.05, 0.1) is 4.88 Å². The Kier molecular flexibility index (Phi) is 5.79. The van der Waals surface area contributed by atoms with Crippen LogP contribution >= 0.6 is 11.3 Å². The van der Waals surface area contributed by atoms with Crippen LogP contribution in [0, 0.1) is 5.92 Å². The monoisotopic (exact) mass is 509 g/mol. The summed E-state index contributed by atoms with van der Waals surface area (Å²) in [5, 5.41) is 5.98. The molecule has 0 amide bonds.